The molecule has 1 aromatic rings. The van der Waals surface area contributed by atoms with E-state index >= 15 is 0 Å². The van der Waals surface area contributed by atoms with Crippen LogP contribution >= 0.6 is 0 Å². The quantitative estimate of drug-likeness (QED) is 0.630. The third-order valence-corrected chi connectivity index (χ3v) is 1.73. The summed E-state index contributed by atoms with van der Waals surface area (Å²) in [6.07, 6.45) is 0. The van der Waals surface area contributed by atoms with Crippen molar-refractivity contribution < 1.29 is 14.7 Å². The van der Waals surface area contributed by atoms with Crippen LogP contribution in [0.15, 0.2) is 23.0 Å². The van der Waals surface area contributed by atoms with Gasteiger partial charge in [0.2, 0.25) is 5.56 Å². The molecule has 6 heteroatoms. The largest absolute Gasteiger partial charge is 0.480 e. The zero-order valence-corrected chi connectivity index (χ0v) is 7.98. The molecule has 1 rings (SSSR count). The monoisotopic (exact) mass is 210 g/mol. The third-order valence-electron chi connectivity index (χ3n) is 1.73. The van der Waals surface area contributed by atoms with Crippen molar-refractivity contribution in [1.82, 2.24) is 10.3 Å². The number of hydrogen-bond acceptors (Lipinski definition) is 3. The van der Waals surface area contributed by atoms with E-state index in [4.69, 9.17) is 5.11 Å². The molecule has 15 heavy (non-hydrogen) atoms. The first-order chi connectivity index (χ1) is 7.00. The van der Waals surface area contributed by atoms with Crippen LogP contribution in [0.5, 0.6) is 0 Å². The van der Waals surface area contributed by atoms with Gasteiger partial charge in [0.15, 0.2) is 0 Å². The first-order valence-corrected chi connectivity index (χ1v) is 4.23. The lowest BCUT2D eigenvalue weighted by molar-refractivity contribution is -0.138. The molecule has 6 nitrogen and oxygen atoms in total. The number of carbonyl (C=O) groups is 2. The van der Waals surface area contributed by atoms with Crippen LogP contribution in [0.4, 0.5) is 0 Å². The number of carbonyl (C=O) groups excluding carboxylic acids is 1. The van der Waals surface area contributed by atoms with Crippen molar-refractivity contribution in [1.29, 1.82) is 0 Å². The van der Waals surface area contributed by atoms with Crippen LogP contribution < -0.4 is 10.9 Å². The normalized spacial score (nSPS) is 11.8. The molecule has 0 spiro atoms. The molecule has 1 amide bonds. The first kappa shape index (κ1) is 11.0. The van der Waals surface area contributed by atoms with E-state index in [1.165, 1.54) is 25.1 Å². The summed E-state index contributed by atoms with van der Waals surface area (Å²) in [6.45, 7) is 1.33. The molecular weight excluding hydrogens is 200 g/mol. The van der Waals surface area contributed by atoms with Gasteiger partial charge in [0.05, 0.1) is 0 Å². The Kier molecular flexibility index (Phi) is 3.22. The molecular formula is C9H10N2O4. The molecule has 3 N–H and O–H groups in total. The van der Waals surface area contributed by atoms with Crippen molar-refractivity contribution >= 4 is 11.9 Å². The number of rotatable bonds is 3. The summed E-state index contributed by atoms with van der Waals surface area (Å²) in [7, 11) is 0. The summed E-state index contributed by atoms with van der Waals surface area (Å²) in [5.41, 5.74) is -0.374. The predicted octanol–water partition coefficient (Wildman–Crippen LogP) is -0.422. The lowest BCUT2D eigenvalue weighted by atomic mass is 10.3. The number of carboxylic acids is 1. The number of aromatic amines is 1. The second kappa shape index (κ2) is 4.41. The van der Waals surface area contributed by atoms with E-state index in [9.17, 15) is 14.4 Å². The summed E-state index contributed by atoms with van der Waals surface area (Å²) in [5.74, 6) is -1.76. The number of nitrogens with one attached hydrogen (secondary N) is 2. The fraction of sp³-hybridized carbons (Fsp3) is 0.222. The van der Waals surface area contributed by atoms with E-state index in [2.05, 4.69) is 10.3 Å². The average molecular weight is 210 g/mol. The van der Waals surface area contributed by atoms with Crippen LogP contribution in [0.2, 0.25) is 0 Å². The van der Waals surface area contributed by atoms with Crippen LogP contribution in [-0.2, 0) is 4.79 Å². The average Bonchev–Trinajstić information content (AvgIpc) is 2.17. The zero-order chi connectivity index (χ0) is 11.4. The van der Waals surface area contributed by atoms with Gasteiger partial charge in [-0.3, -0.25) is 14.4 Å². The highest BCUT2D eigenvalue weighted by Crippen LogP contribution is 1.91. The molecule has 0 unspecified atom stereocenters. The first-order valence-electron chi connectivity index (χ1n) is 4.23. The summed E-state index contributed by atoms with van der Waals surface area (Å²) in [4.78, 5) is 35.0. The zero-order valence-electron chi connectivity index (χ0n) is 7.98. The van der Waals surface area contributed by atoms with Gasteiger partial charge in [0, 0.05) is 6.07 Å². The smallest absolute Gasteiger partial charge is 0.325 e. The Balaban J connectivity index is 2.78. The van der Waals surface area contributed by atoms with Gasteiger partial charge in [-0.15, -0.1) is 0 Å². The Labute approximate surface area is 84.9 Å². The standard InChI is InChI=1S/C9H10N2O4/c1-5(9(14)15)10-8(13)6-3-2-4-7(12)11-6/h2-5H,1H3,(H,10,13)(H,11,12)(H,14,15)/t5-/m0/s1. The van der Waals surface area contributed by atoms with Crippen molar-refractivity contribution in [2.75, 3.05) is 0 Å². The molecule has 1 atom stereocenters. The molecule has 0 aliphatic rings. The molecule has 0 fully saturated rings. The molecule has 80 valence electrons. The van der Waals surface area contributed by atoms with Crippen molar-refractivity contribution in [2.45, 2.75) is 13.0 Å². The van der Waals surface area contributed by atoms with Gasteiger partial charge in [-0.25, -0.2) is 0 Å². The topological polar surface area (TPSA) is 99.3 Å². The maximum absolute atomic E-state index is 11.4. The fourth-order valence-corrected chi connectivity index (χ4v) is 0.916. The highest BCUT2D eigenvalue weighted by atomic mass is 16.4. The molecule has 0 radical (unpaired) electrons. The van der Waals surface area contributed by atoms with Crippen molar-refractivity contribution in [3.05, 3.63) is 34.2 Å². The van der Waals surface area contributed by atoms with Crippen molar-refractivity contribution in [3.63, 3.8) is 0 Å². The summed E-state index contributed by atoms with van der Waals surface area (Å²) in [6, 6.07) is 3.07. The third kappa shape index (κ3) is 2.94. The van der Waals surface area contributed by atoms with Gasteiger partial charge in [0.1, 0.15) is 11.7 Å². The van der Waals surface area contributed by atoms with E-state index in [1.807, 2.05) is 0 Å². The number of amides is 1. The molecule has 0 saturated heterocycles. The summed E-state index contributed by atoms with van der Waals surface area (Å²) < 4.78 is 0. The van der Waals surface area contributed by atoms with Gasteiger partial charge in [0.25, 0.3) is 5.91 Å². The Hall–Kier alpha value is -2.11. The van der Waals surface area contributed by atoms with Crippen molar-refractivity contribution in [2.24, 2.45) is 0 Å². The highest BCUT2D eigenvalue weighted by molar-refractivity contribution is 5.94. The number of carboxylic acid groups (broad SMARTS) is 1. The second-order valence-corrected chi connectivity index (χ2v) is 2.96. The van der Waals surface area contributed by atoms with Crippen LogP contribution in [-0.4, -0.2) is 28.0 Å². The molecule has 0 aromatic carbocycles. The lowest BCUT2D eigenvalue weighted by Gasteiger charge is -2.08. The van der Waals surface area contributed by atoms with Gasteiger partial charge in [-0.05, 0) is 13.0 Å². The fourth-order valence-electron chi connectivity index (χ4n) is 0.916. The molecule has 0 saturated carbocycles. The number of H-pyrrole nitrogens is 1. The minimum Gasteiger partial charge on any atom is -0.480 e. The van der Waals surface area contributed by atoms with Gasteiger partial charge in [-0.1, -0.05) is 6.07 Å². The molecule has 0 bridgehead atoms. The van der Waals surface area contributed by atoms with Gasteiger partial charge in [-0.2, -0.15) is 0 Å². The second-order valence-electron chi connectivity index (χ2n) is 2.96. The maximum Gasteiger partial charge on any atom is 0.325 e. The van der Waals surface area contributed by atoms with E-state index < -0.39 is 23.5 Å². The molecule has 0 aliphatic heterocycles. The van der Waals surface area contributed by atoms with Crippen LogP contribution in [0, 0.1) is 0 Å². The SMILES string of the molecule is C[C@H](NC(=O)c1cccc(=O)[nH]1)C(=O)O. The van der Waals surface area contributed by atoms with Gasteiger partial charge < -0.3 is 15.4 Å². The van der Waals surface area contributed by atoms with E-state index in [1.54, 1.807) is 0 Å². The Morgan fingerprint density at radius 2 is 2.13 bits per heavy atom. The van der Waals surface area contributed by atoms with Crippen molar-refractivity contribution in [3.8, 4) is 0 Å². The summed E-state index contributed by atoms with van der Waals surface area (Å²) >= 11 is 0. The number of aromatic nitrogens is 1. The Morgan fingerprint density at radius 3 is 2.67 bits per heavy atom. The molecule has 1 aromatic heterocycles. The van der Waals surface area contributed by atoms with E-state index in [0.717, 1.165) is 0 Å². The van der Waals surface area contributed by atoms with E-state index in [0.29, 0.717) is 0 Å². The minimum atomic E-state index is -1.14. The molecule has 1 heterocycles. The number of aliphatic carboxylic acids is 1. The molecule has 0 aliphatic carbocycles. The predicted molar refractivity (Wildman–Crippen MR) is 51.6 cm³/mol. The maximum atomic E-state index is 11.4. The Bertz CT molecular complexity index is 438. The van der Waals surface area contributed by atoms with E-state index in [-0.39, 0.29) is 5.69 Å². The number of pyridine rings is 1. The minimum absolute atomic E-state index is 0.0376. The number of hydrogen-bond donors (Lipinski definition) is 3. The van der Waals surface area contributed by atoms with Crippen LogP contribution in [0.1, 0.15) is 17.4 Å². The van der Waals surface area contributed by atoms with Gasteiger partial charge >= 0.3 is 5.97 Å². The van der Waals surface area contributed by atoms with Crippen LogP contribution in [0.3, 0.4) is 0 Å². The lowest BCUT2D eigenvalue weighted by Crippen LogP contribution is -2.39. The Morgan fingerprint density at radius 1 is 1.47 bits per heavy atom. The van der Waals surface area contributed by atoms with Crippen LogP contribution in [0.25, 0.3) is 0 Å². The summed E-state index contributed by atoms with van der Waals surface area (Å²) in [5, 5.41) is 10.8. The highest BCUT2D eigenvalue weighted by Gasteiger charge is 2.15.